The van der Waals surface area contributed by atoms with Crippen molar-refractivity contribution in [2.45, 2.75) is 25.9 Å². The van der Waals surface area contributed by atoms with E-state index < -0.39 is 6.10 Å². The fourth-order valence-electron chi connectivity index (χ4n) is 1.29. The molecule has 5 heteroatoms. The van der Waals surface area contributed by atoms with Crippen LogP contribution in [0, 0.1) is 0 Å². The van der Waals surface area contributed by atoms with Gasteiger partial charge in [-0.15, -0.1) is 0 Å². The van der Waals surface area contributed by atoms with Gasteiger partial charge in [0, 0.05) is 18.3 Å². The maximum atomic E-state index is 11.6. The highest BCUT2D eigenvalue weighted by Crippen LogP contribution is 2.06. The molecule has 1 unspecified atom stereocenters. The molecule has 1 atom stereocenters. The van der Waals surface area contributed by atoms with Gasteiger partial charge in [-0.1, -0.05) is 24.9 Å². The monoisotopic (exact) mass is 242 g/mol. The summed E-state index contributed by atoms with van der Waals surface area (Å²) in [5, 5.41) is 12.4. The summed E-state index contributed by atoms with van der Waals surface area (Å²) in [5.41, 5.74) is 0.448. The Kier molecular flexibility index (Phi) is 5.22. The molecular formula is C11H15ClN2O2. The van der Waals surface area contributed by atoms with Crippen molar-refractivity contribution >= 4 is 17.5 Å². The number of hydrogen-bond donors (Lipinski definition) is 2. The molecule has 0 saturated heterocycles. The van der Waals surface area contributed by atoms with E-state index in [9.17, 15) is 9.90 Å². The molecule has 88 valence electrons. The Hall–Kier alpha value is -1.13. The maximum Gasteiger partial charge on any atom is 0.251 e. The van der Waals surface area contributed by atoms with Gasteiger partial charge in [0.2, 0.25) is 0 Å². The first kappa shape index (κ1) is 12.9. The summed E-state index contributed by atoms with van der Waals surface area (Å²) in [4.78, 5) is 15.4. The summed E-state index contributed by atoms with van der Waals surface area (Å²) in [7, 11) is 0. The highest BCUT2D eigenvalue weighted by molar-refractivity contribution is 6.29. The minimum Gasteiger partial charge on any atom is -0.391 e. The van der Waals surface area contributed by atoms with Gasteiger partial charge >= 0.3 is 0 Å². The highest BCUT2D eigenvalue weighted by Gasteiger charge is 2.08. The van der Waals surface area contributed by atoms with Crippen molar-refractivity contribution in [1.82, 2.24) is 10.3 Å². The zero-order valence-corrected chi connectivity index (χ0v) is 9.87. The lowest BCUT2D eigenvalue weighted by Crippen LogP contribution is -2.32. The zero-order chi connectivity index (χ0) is 12.0. The van der Waals surface area contributed by atoms with Gasteiger partial charge in [0.05, 0.1) is 6.10 Å². The normalized spacial score (nSPS) is 12.2. The van der Waals surface area contributed by atoms with Gasteiger partial charge in [0.1, 0.15) is 5.15 Å². The SMILES string of the molecule is CCCC(O)CNC(=O)c1ccnc(Cl)c1. The van der Waals surface area contributed by atoms with Gasteiger partial charge in [-0.2, -0.15) is 0 Å². The van der Waals surface area contributed by atoms with Crippen LogP contribution in [-0.2, 0) is 0 Å². The molecule has 16 heavy (non-hydrogen) atoms. The molecule has 4 nitrogen and oxygen atoms in total. The van der Waals surface area contributed by atoms with Crippen LogP contribution < -0.4 is 5.32 Å². The summed E-state index contributed by atoms with van der Waals surface area (Å²) in [6.45, 7) is 2.24. The van der Waals surface area contributed by atoms with Gasteiger partial charge in [0.25, 0.3) is 5.91 Å². The third-order valence-electron chi connectivity index (χ3n) is 2.11. The largest absolute Gasteiger partial charge is 0.391 e. The number of aliphatic hydroxyl groups excluding tert-OH is 1. The van der Waals surface area contributed by atoms with Crippen molar-refractivity contribution in [3.63, 3.8) is 0 Å². The van der Waals surface area contributed by atoms with Crippen molar-refractivity contribution in [2.24, 2.45) is 0 Å². The quantitative estimate of drug-likeness (QED) is 0.772. The van der Waals surface area contributed by atoms with E-state index >= 15 is 0 Å². The van der Waals surface area contributed by atoms with E-state index in [0.29, 0.717) is 12.0 Å². The summed E-state index contributed by atoms with van der Waals surface area (Å²) in [6, 6.07) is 3.07. The van der Waals surface area contributed by atoms with Crippen LogP contribution in [0.15, 0.2) is 18.3 Å². The Balaban J connectivity index is 2.47. The van der Waals surface area contributed by atoms with E-state index in [2.05, 4.69) is 10.3 Å². The minimum atomic E-state index is -0.494. The van der Waals surface area contributed by atoms with Crippen molar-refractivity contribution in [1.29, 1.82) is 0 Å². The molecule has 0 aromatic carbocycles. The van der Waals surface area contributed by atoms with Crippen LogP contribution in [0.1, 0.15) is 30.1 Å². The molecule has 1 heterocycles. The first-order chi connectivity index (χ1) is 7.63. The van der Waals surface area contributed by atoms with Crippen LogP contribution in [0.25, 0.3) is 0 Å². The second-order valence-corrected chi connectivity index (χ2v) is 3.91. The van der Waals surface area contributed by atoms with Gasteiger partial charge in [-0.3, -0.25) is 4.79 Å². The predicted octanol–water partition coefficient (Wildman–Crippen LogP) is 1.63. The smallest absolute Gasteiger partial charge is 0.251 e. The maximum absolute atomic E-state index is 11.6. The summed E-state index contributed by atoms with van der Waals surface area (Å²) in [5.74, 6) is -0.251. The van der Waals surface area contributed by atoms with Gasteiger partial charge in [-0.05, 0) is 18.6 Å². The van der Waals surface area contributed by atoms with E-state index in [-0.39, 0.29) is 17.6 Å². The Morgan fingerprint density at radius 1 is 1.69 bits per heavy atom. The number of nitrogens with one attached hydrogen (secondary N) is 1. The van der Waals surface area contributed by atoms with Gasteiger partial charge in [0.15, 0.2) is 0 Å². The summed E-state index contributed by atoms with van der Waals surface area (Å²) >= 11 is 5.66. The Bertz CT molecular complexity index is 358. The summed E-state index contributed by atoms with van der Waals surface area (Å²) < 4.78 is 0. The molecule has 0 aliphatic carbocycles. The number of nitrogens with zero attached hydrogens (tertiary/aromatic N) is 1. The molecule has 1 rings (SSSR count). The lowest BCUT2D eigenvalue weighted by molar-refractivity contribution is 0.0910. The van der Waals surface area contributed by atoms with Crippen LogP contribution >= 0.6 is 11.6 Å². The lowest BCUT2D eigenvalue weighted by atomic mass is 10.2. The standard InChI is InChI=1S/C11H15ClN2O2/c1-2-3-9(15)7-14-11(16)8-4-5-13-10(12)6-8/h4-6,9,15H,2-3,7H2,1H3,(H,14,16). The third-order valence-corrected chi connectivity index (χ3v) is 2.32. The number of aliphatic hydroxyl groups is 1. The second kappa shape index (κ2) is 6.45. The third kappa shape index (κ3) is 4.16. The van der Waals surface area contributed by atoms with Gasteiger partial charge in [-0.25, -0.2) is 4.98 Å². The Morgan fingerprint density at radius 2 is 2.44 bits per heavy atom. The molecule has 2 N–H and O–H groups in total. The van der Waals surface area contributed by atoms with E-state index in [4.69, 9.17) is 11.6 Å². The molecule has 1 amide bonds. The number of aromatic nitrogens is 1. The molecule has 0 bridgehead atoms. The fraction of sp³-hybridized carbons (Fsp3) is 0.455. The number of amides is 1. The van der Waals surface area contributed by atoms with Crippen LogP contribution in [0.5, 0.6) is 0 Å². The van der Waals surface area contributed by atoms with E-state index in [1.165, 1.54) is 12.3 Å². The number of hydrogen-bond acceptors (Lipinski definition) is 3. The van der Waals surface area contributed by atoms with E-state index in [1.54, 1.807) is 6.07 Å². The fourth-order valence-corrected chi connectivity index (χ4v) is 1.47. The Morgan fingerprint density at radius 3 is 3.06 bits per heavy atom. The predicted molar refractivity (Wildman–Crippen MR) is 62.5 cm³/mol. The number of rotatable bonds is 5. The summed E-state index contributed by atoms with van der Waals surface area (Å²) in [6.07, 6.45) is 2.54. The van der Waals surface area contributed by atoms with Crippen LogP contribution in [0.4, 0.5) is 0 Å². The molecule has 0 saturated carbocycles. The van der Waals surface area contributed by atoms with Crippen LogP contribution in [0.2, 0.25) is 5.15 Å². The molecule has 0 aliphatic rings. The Labute approximate surface area is 99.6 Å². The zero-order valence-electron chi connectivity index (χ0n) is 9.11. The second-order valence-electron chi connectivity index (χ2n) is 3.52. The first-order valence-corrected chi connectivity index (χ1v) is 5.59. The number of pyridine rings is 1. The topological polar surface area (TPSA) is 62.2 Å². The first-order valence-electron chi connectivity index (χ1n) is 5.21. The molecule has 0 fully saturated rings. The van der Waals surface area contributed by atoms with Crippen molar-refractivity contribution in [3.05, 3.63) is 29.0 Å². The molecule has 0 aliphatic heterocycles. The van der Waals surface area contributed by atoms with Crippen molar-refractivity contribution in [2.75, 3.05) is 6.54 Å². The molecule has 0 spiro atoms. The van der Waals surface area contributed by atoms with E-state index in [1.807, 2.05) is 6.92 Å². The average Bonchev–Trinajstić information content (AvgIpc) is 2.26. The molecular weight excluding hydrogens is 228 g/mol. The molecule has 1 aromatic heterocycles. The number of carbonyl (C=O) groups excluding carboxylic acids is 1. The van der Waals surface area contributed by atoms with Gasteiger partial charge < -0.3 is 10.4 Å². The number of carbonyl (C=O) groups is 1. The molecule has 0 radical (unpaired) electrons. The minimum absolute atomic E-state index is 0.251. The van der Waals surface area contributed by atoms with Crippen molar-refractivity contribution < 1.29 is 9.90 Å². The van der Waals surface area contributed by atoms with Crippen LogP contribution in [0.3, 0.4) is 0 Å². The lowest BCUT2D eigenvalue weighted by Gasteiger charge is -2.10. The number of halogens is 1. The highest BCUT2D eigenvalue weighted by atomic mass is 35.5. The molecule has 1 aromatic rings. The van der Waals surface area contributed by atoms with E-state index in [0.717, 1.165) is 6.42 Å². The average molecular weight is 243 g/mol. The van der Waals surface area contributed by atoms with Crippen molar-refractivity contribution in [3.8, 4) is 0 Å². The van der Waals surface area contributed by atoms with Crippen LogP contribution in [-0.4, -0.2) is 28.6 Å².